The van der Waals surface area contributed by atoms with E-state index in [4.69, 9.17) is 0 Å². The van der Waals surface area contributed by atoms with Gasteiger partial charge in [0.05, 0.1) is 0 Å². The maximum absolute atomic E-state index is 12.6. The fourth-order valence-corrected chi connectivity index (χ4v) is 4.12. The van der Waals surface area contributed by atoms with Gasteiger partial charge in [0.15, 0.2) is 0 Å². The van der Waals surface area contributed by atoms with Crippen molar-refractivity contribution in [1.82, 2.24) is 10.2 Å². The van der Waals surface area contributed by atoms with Gasteiger partial charge in [-0.1, -0.05) is 53.8 Å². The molecule has 1 aromatic heterocycles. The number of fused-ring (bicyclic) bond motifs is 1. The number of hydrogen-bond acceptors (Lipinski definition) is 6. The van der Waals surface area contributed by atoms with Crippen LogP contribution in [0.2, 0.25) is 0 Å². The Bertz CT molecular complexity index is 1070. The van der Waals surface area contributed by atoms with Gasteiger partial charge < -0.3 is 4.90 Å². The van der Waals surface area contributed by atoms with Crippen molar-refractivity contribution in [3.05, 3.63) is 53.6 Å². The van der Waals surface area contributed by atoms with Crippen molar-refractivity contribution in [3.63, 3.8) is 0 Å². The van der Waals surface area contributed by atoms with Crippen LogP contribution >= 0.6 is 11.3 Å². The summed E-state index contributed by atoms with van der Waals surface area (Å²) in [6, 6.07) is 15.7. The lowest BCUT2D eigenvalue weighted by molar-refractivity contribution is -0.112. The highest BCUT2D eigenvalue weighted by Crippen LogP contribution is 2.27. The SMILES string of the molecule is N#C/C(=C\c1cccc2ccccc12)C(=O)Nc1nnc(N2CCCCC2)s1. The minimum absolute atomic E-state index is 0.0334. The standard InChI is InChI=1S/C21H19N5OS/c22-14-17(13-16-9-6-8-15-7-2-3-10-18(15)16)19(27)23-20-24-25-21(28-20)26-11-4-1-5-12-26/h2-3,6-10,13H,1,4-5,11-12H2,(H,23,24,27)/b17-13+. The van der Waals surface area contributed by atoms with Gasteiger partial charge in [0.1, 0.15) is 11.6 Å². The Hall–Kier alpha value is -3.24. The highest BCUT2D eigenvalue weighted by Gasteiger charge is 2.18. The Labute approximate surface area is 167 Å². The number of rotatable bonds is 4. The van der Waals surface area contributed by atoms with Crippen LogP contribution < -0.4 is 10.2 Å². The molecule has 1 N–H and O–H groups in total. The number of anilines is 2. The van der Waals surface area contributed by atoms with Crippen LogP contribution in [0.25, 0.3) is 16.8 Å². The lowest BCUT2D eigenvalue weighted by atomic mass is 10.0. The molecule has 1 aliphatic rings. The summed E-state index contributed by atoms with van der Waals surface area (Å²) in [5.74, 6) is -0.475. The molecule has 4 rings (SSSR count). The molecule has 140 valence electrons. The first-order valence-corrected chi connectivity index (χ1v) is 10.1. The second kappa shape index (κ2) is 8.19. The Morgan fingerprint density at radius 1 is 1.11 bits per heavy atom. The van der Waals surface area contributed by atoms with Crippen molar-refractivity contribution in [3.8, 4) is 6.07 Å². The van der Waals surface area contributed by atoms with Gasteiger partial charge in [-0.15, -0.1) is 10.2 Å². The van der Waals surface area contributed by atoms with E-state index in [0.29, 0.717) is 5.13 Å². The van der Waals surface area contributed by atoms with Gasteiger partial charge in [-0.05, 0) is 41.7 Å². The van der Waals surface area contributed by atoms with E-state index in [9.17, 15) is 10.1 Å². The lowest BCUT2D eigenvalue weighted by Gasteiger charge is -2.25. The van der Waals surface area contributed by atoms with Crippen molar-refractivity contribution in [2.45, 2.75) is 19.3 Å². The van der Waals surface area contributed by atoms with E-state index in [1.54, 1.807) is 6.08 Å². The highest BCUT2D eigenvalue weighted by molar-refractivity contribution is 7.19. The Kier molecular flexibility index (Phi) is 5.31. The third kappa shape index (κ3) is 3.87. The van der Waals surface area contributed by atoms with E-state index >= 15 is 0 Å². The topological polar surface area (TPSA) is 81.9 Å². The minimum atomic E-state index is -0.475. The summed E-state index contributed by atoms with van der Waals surface area (Å²) in [5.41, 5.74) is 0.863. The number of hydrogen-bond donors (Lipinski definition) is 1. The molecule has 6 nitrogen and oxygen atoms in total. The maximum Gasteiger partial charge on any atom is 0.268 e. The zero-order chi connectivity index (χ0) is 19.3. The molecule has 2 heterocycles. The molecule has 0 atom stereocenters. The van der Waals surface area contributed by atoms with Crippen molar-refractivity contribution in [2.24, 2.45) is 0 Å². The van der Waals surface area contributed by atoms with E-state index in [-0.39, 0.29) is 5.57 Å². The molecule has 1 aliphatic heterocycles. The molecule has 28 heavy (non-hydrogen) atoms. The molecule has 2 aromatic carbocycles. The quantitative estimate of drug-likeness (QED) is 0.533. The average Bonchev–Trinajstić information content (AvgIpc) is 3.21. The predicted molar refractivity (Wildman–Crippen MR) is 112 cm³/mol. The fourth-order valence-electron chi connectivity index (χ4n) is 3.32. The summed E-state index contributed by atoms with van der Waals surface area (Å²) in [6.07, 6.45) is 5.15. The molecule has 0 spiro atoms. The van der Waals surface area contributed by atoms with Gasteiger partial charge in [-0.3, -0.25) is 10.1 Å². The van der Waals surface area contributed by atoms with Crippen LogP contribution in [0, 0.1) is 11.3 Å². The number of carbonyl (C=O) groups excluding carboxylic acids is 1. The summed E-state index contributed by atoms with van der Waals surface area (Å²) in [5, 5.41) is 23.7. The van der Waals surface area contributed by atoms with Gasteiger partial charge in [-0.25, -0.2) is 0 Å². The van der Waals surface area contributed by atoms with E-state index < -0.39 is 5.91 Å². The first kappa shape index (κ1) is 18.1. The van der Waals surface area contributed by atoms with Gasteiger partial charge in [0.25, 0.3) is 5.91 Å². The molecule has 1 saturated heterocycles. The van der Waals surface area contributed by atoms with Crippen LogP contribution in [0.3, 0.4) is 0 Å². The molecule has 0 aliphatic carbocycles. The first-order chi connectivity index (χ1) is 13.7. The molecule has 3 aromatic rings. The molecule has 0 saturated carbocycles. The smallest absolute Gasteiger partial charge is 0.268 e. The normalized spacial score (nSPS) is 14.7. The number of aromatic nitrogens is 2. The van der Waals surface area contributed by atoms with Crippen LogP contribution in [0.5, 0.6) is 0 Å². The van der Waals surface area contributed by atoms with E-state index in [1.165, 1.54) is 17.8 Å². The number of amides is 1. The summed E-state index contributed by atoms with van der Waals surface area (Å²) in [6.45, 7) is 1.93. The van der Waals surface area contributed by atoms with Crippen LogP contribution in [-0.4, -0.2) is 29.2 Å². The number of nitrogens with one attached hydrogen (secondary N) is 1. The zero-order valence-electron chi connectivity index (χ0n) is 15.3. The molecule has 0 radical (unpaired) electrons. The fraction of sp³-hybridized carbons (Fsp3) is 0.238. The predicted octanol–water partition coefficient (Wildman–Crippen LogP) is 4.23. The molecule has 7 heteroatoms. The second-order valence-electron chi connectivity index (χ2n) is 6.63. The molecule has 0 bridgehead atoms. The number of nitrogens with zero attached hydrogens (tertiary/aromatic N) is 4. The van der Waals surface area contributed by atoms with Gasteiger partial charge >= 0.3 is 0 Å². The molecule has 0 unspecified atom stereocenters. The van der Waals surface area contributed by atoms with Gasteiger partial charge in [-0.2, -0.15) is 5.26 Å². The van der Waals surface area contributed by atoms with E-state index in [0.717, 1.165) is 47.4 Å². The molecule has 1 amide bonds. The average molecular weight is 389 g/mol. The number of carbonyl (C=O) groups is 1. The second-order valence-corrected chi connectivity index (χ2v) is 7.59. The van der Waals surface area contributed by atoms with Crippen LogP contribution in [0.1, 0.15) is 24.8 Å². The van der Waals surface area contributed by atoms with Crippen molar-refractivity contribution in [2.75, 3.05) is 23.3 Å². The Balaban J connectivity index is 1.54. The van der Waals surface area contributed by atoms with Gasteiger partial charge in [0, 0.05) is 13.1 Å². The van der Waals surface area contributed by atoms with Crippen molar-refractivity contribution >= 4 is 44.4 Å². The van der Waals surface area contributed by atoms with Crippen LogP contribution in [0.15, 0.2) is 48.0 Å². The Morgan fingerprint density at radius 3 is 2.71 bits per heavy atom. The lowest BCUT2D eigenvalue weighted by Crippen LogP contribution is -2.29. The molecular weight excluding hydrogens is 370 g/mol. The Morgan fingerprint density at radius 2 is 1.89 bits per heavy atom. The van der Waals surface area contributed by atoms with Gasteiger partial charge in [0.2, 0.25) is 10.3 Å². The molecular formula is C21H19N5OS. The number of piperidine rings is 1. The van der Waals surface area contributed by atoms with Crippen molar-refractivity contribution in [1.29, 1.82) is 5.26 Å². The van der Waals surface area contributed by atoms with Crippen LogP contribution in [0.4, 0.5) is 10.3 Å². The summed E-state index contributed by atoms with van der Waals surface area (Å²) in [7, 11) is 0. The summed E-state index contributed by atoms with van der Waals surface area (Å²) >= 11 is 1.34. The highest BCUT2D eigenvalue weighted by atomic mass is 32.1. The van der Waals surface area contributed by atoms with E-state index in [2.05, 4.69) is 20.4 Å². The maximum atomic E-state index is 12.6. The zero-order valence-corrected chi connectivity index (χ0v) is 16.1. The third-order valence-electron chi connectivity index (χ3n) is 4.75. The summed E-state index contributed by atoms with van der Waals surface area (Å²) in [4.78, 5) is 14.8. The molecule has 1 fully saturated rings. The minimum Gasteiger partial charge on any atom is -0.347 e. The number of benzene rings is 2. The summed E-state index contributed by atoms with van der Waals surface area (Å²) < 4.78 is 0. The monoisotopic (exact) mass is 389 g/mol. The van der Waals surface area contributed by atoms with Crippen molar-refractivity contribution < 1.29 is 4.79 Å². The largest absolute Gasteiger partial charge is 0.347 e. The van der Waals surface area contributed by atoms with E-state index in [1.807, 2.05) is 48.5 Å². The first-order valence-electron chi connectivity index (χ1n) is 9.24. The number of nitriles is 1. The third-order valence-corrected chi connectivity index (χ3v) is 5.65. The van der Waals surface area contributed by atoms with Crippen LogP contribution in [-0.2, 0) is 4.79 Å².